The molecule has 0 saturated carbocycles. The number of nitrogens with zero attached hydrogens (tertiary/aromatic N) is 1. The third-order valence-corrected chi connectivity index (χ3v) is 6.84. The first-order valence-corrected chi connectivity index (χ1v) is 12.1. The molecule has 1 heterocycles. The molecule has 1 saturated heterocycles. The van der Waals surface area contributed by atoms with Crippen LogP contribution in [-0.2, 0) is 14.3 Å². The Morgan fingerprint density at radius 2 is 1.83 bits per heavy atom. The minimum Gasteiger partial charge on any atom is -0.465 e. The van der Waals surface area contributed by atoms with Crippen LogP contribution < -0.4 is 0 Å². The number of thioether (sulfide) groups is 1. The van der Waals surface area contributed by atoms with Gasteiger partial charge in [-0.25, -0.2) is 0 Å². The zero-order chi connectivity index (χ0) is 22.0. The van der Waals surface area contributed by atoms with Crippen molar-refractivity contribution in [2.45, 2.75) is 63.8 Å². The summed E-state index contributed by atoms with van der Waals surface area (Å²) in [5.41, 5.74) is 0.135. The Hall–Kier alpha value is -1.37. The molecule has 5 nitrogen and oxygen atoms in total. The molecule has 1 aliphatic rings. The molecule has 0 N–H and O–H groups in total. The maximum absolute atomic E-state index is 13.0. The lowest BCUT2D eigenvalue weighted by atomic mass is 9.91. The van der Waals surface area contributed by atoms with Gasteiger partial charge in [0.1, 0.15) is 0 Å². The number of Topliss-reactive ketones (excluding diaryl/α,β-unsaturated/α-hetero) is 1. The van der Waals surface area contributed by atoms with Crippen molar-refractivity contribution in [3.05, 3.63) is 29.8 Å². The minimum atomic E-state index is -0.560. The molecular formula is C24H37NO4S. The number of hydrogen-bond acceptors (Lipinski definition) is 6. The zero-order valence-electron chi connectivity index (χ0n) is 18.9. The molecule has 1 aromatic rings. The lowest BCUT2D eigenvalue weighted by molar-refractivity contribution is -0.141. The monoisotopic (exact) mass is 435 g/mol. The molecule has 0 bridgehead atoms. The summed E-state index contributed by atoms with van der Waals surface area (Å²) in [6, 6.07) is 7.54. The van der Waals surface area contributed by atoms with E-state index in [1.807, 2.05) is 38.1 Å². The lowest BCUT2D eigenvalue weighted by Crippen LogP contribution is -2.54. The van der Waals surface area contributed by atoms with Gasteiger partial charge in [-0.15, -0.1) is 11.8 Å². The number of esters is 1. The Morgan fingerprint density at radius 3 is 2.43 bits per heavy atom. The second kappa shape index (κ2) is 12.5. The van der Waals surface area contributed by atoms with E-state index in [-0.39, 0.29) is 17.5 Å². The van der Waals surface area contributed by atoms with E-state index in [9.17, 15) is 9.59 Å². The largest absolute Gasteiger partial charge is 0.465 e. The van der Waals surface area contributed by atoms with Crippen molar-refractivity contribution in [2.24, 2.45) is 5.92 Å². The van der Waals surface area contributed by atoms with Crippen LogP contribution in [0.4, 0.5) is 0 Å². The molecule has 168 valence electrons. The molecule has 1 atom stereocenters. The molecule has 0 aromatic heterocycles. The number of unbranched alkanes of at least 4 members (excludes halogenated alkanes) is 1. The Labute approximate surface area is 185 Å². The fraction of sp³-hybridized carbons (Fsp3) is 0.667. The second-order valence-electron chi connectivity index (χ2n) is 8.40. The number of ether oxygens (including phenoxy) is 2. The van der Waals surface area contributed by atoms with Crippen LogP contribution in [-0.4, -0.2) is 60.9 Å². The minimum absolute atomic E-state index is 0.109. The number of ketones is 1. The van der Waals surface area contributed by atoms with E-state index in [2.05, 4.69) is 18.7 Å². The molecule has 1 unspecified atom stereocenters. The van der Waals surface area contributed by atoms with Gasteiger partial charge in [0, 0.05) is 23.5 Å². The van der Waals surface area contributed by atoms with E-state index in [1.165, 1.54) is 24.6 Å². The summed E-state index contributed by atoms with van der Waals surface area (Å²) in [6.07, 6.45) is 4.50. The summed E-state index contributed by atoms with van der Waals surface area (Å²) in [5.74, 6) is 0.678. The van der Waals surface area contributed by atoms with Crippen molar-refractivity contribution < 1.29 is 19.1 Å². The third kappa shape index (κ3) is 7.40. The molecule has 0 amide bonds. The van der Waals surface area contributed by atoms with Gasteiger partial charge < -0.3 is 9.47 Å². The summed E-state index contributed by atoms with van der Waals surface area (Å²) in [7, 11) is 0. The summed E-state index contributed by atoms with van der Waals surface area (Å²) < 4.78 is 10.9. The van der Waals surface area contributed by atoms with Gasteiger partial charge in [0.05, 0.1) is 31.1 Å². The topological polar surface area (TPSA) is 55.8 Å². The fourth-order valence-corrected chi connectivity index (χ4v) is 4.31. The van der Waals surface area contributed by atoms with Crippen LogP contribution in [0.5, 0.6) is 0 Å². The molecule has 0 radical (unpaired) electrons. The van der Waals surface area contributed by atoms with E-state index in [0.29, 0.717) is 31.3 Å². The van der Waals surface area contributed by atoms with Crippen LogP contribution in [0.1, 0.15) is 63.7 Å². The van der Waals surface area contributed by atoms with Crippen LogP contribution >= 0.6 is 11.8 Å². The molecule has 2 rings (SSSR count). The fourth-order valence-electron chi connectivity index (χ4n) is 3.61. The first kappa shape index (κ1) is 24.9. The van der Waals surface area contributed by atoms with Gasteiger partial charge in [-0.2, -0.15) is 0 Å². The van der Waals surface area contributed by atoms with Crippen molar-refractivity contribution >= 4 is 23.5 Å². The molecule has 1 aromatic carbocycles. The average Bonchev–Trinajstić information content (AvgIpc) is 2.78. The van der Waals surface area contributed by atoms with Gasteiger partial charge in [-0.05, 0) is 38.3 Å². The molecule has 30 heavy (non-hydrogen) atoms. The van der Waals surface area contributed by atoms with E-state index < -0.39 is 5.54 Å². The standard InChI is InChI=1S/C24H37NO4S/c1-5-7-8-19(6-2)17-29-22(26)18-30-21-11-9-20(10-12-21)23(27)24(3,4)25-13-15-28-16-14-25/h9-12,19H,5-8,13-18H2,1-4H3. The quantitative estimate of drug-likeness (QED) is 0.266. The maximum atomic E-state index is 13.0. The predicted molar refractivity (Wildman–Crippen MR) is 122 cm³/mol. The molecular weight excluding hydrogens is 398 g/mol. The Bertz CT molecular complexity index is 668. The highest BCUT2D eigenvalue weighted by molar-refractivity contribution is 8.00. The highest BCUT2D eigenvalue weighted by Gasteiger charge is 2.35. The Kier molecular flexibility index (Phi) is 10.4. The highest BCUT2D eigenvalue weighted by atomic mass is 32.2. The van der Waals surface area contributed by atoms with Crippen molar-refractivity contribution in [1.29, 1.82) is 0 Å². The predicted octanol–water partition coefficient (Wildman–Crippen LogP) is 4.83. The van der Waals surface area contributed by atoms with E-state index >= 15 is 0 Å². The number of carbonyl (C=O) groups excluding carboxylic acids is 2. The number of benzene rings is 1. The average molecular weight is 436 g/mol. The van der Waals surface area contributed by atoms with Gasteiger partial charge >= 0.3 is 5.97 Å². The SMILES string of the molecule is CCCCC(CC)COC(=O)CSc1ccc(C(=O)C(C)(C)N2CCOCC2)cc1. The molecule has 1 fully saturated rings. The Morgan fingerprint density at radius 1 is 1.17 bits per heavy atom. The normalized spacial score (nSPS) is 16.3. The molecule has 6 heteroatoms. The zero-order valence-corrected chi connectivity index (χ0v) is 19.8. The van der Waals surface area contributed by atoms with Crippen molar-refractivity contribution in [3.63, 3.8) is 0 Å². The number of hydrogen-bond donors (Lipinski definition) is 0. The summed E-state index contributed by atoms with van der Waals surface area (Å²) in [5, 5.41) is 0. The first-order valence-electron chi connectivity index (χ1n) is 11.1. The van der Waals surface area contributed by atoms with Gasteiger partial charge in [0.15, 0.2) is 5.78 Å². The number of carbonyl (C=O) groups is 2. The van der Waals surface area contributed by atoms with Crippen LogP contribution in [0.2, 0.25) is 0 Å². The summed E-state index contributed by atoms with van der Waals surface area (Å²) >= 11 is 1.45. The van der Waals surface area contributed by atoms with Crippen LogP contribution in [0.3, 0.4) is 0 Å². The molecule has 0 spiro atoms. The van der Waals surface area contributed by atoms with Crippen LogP contribution in [0, 0.1) is 5.92 Å². The molecule has 0 aliphatic carbocycles. The molecule has 1 aliphatic heterocycles. The smallest absolute Gasteiger partial charge is 0.316 e. The second-order valence-corrected chi connectivity index (χ2v) is 9.45. The van der Waals surface area contributed by atoms with Gasteiger partial charge in [-0.1, -0.05) is 45.2 Å². The maximum Gasteiger partial charge on any atom is 0.316 e. The van der Waals surface area contributed by atoms with E-state index in [0.717, 1.165) is 30.8 Å². The van der Waals surface area contributed by atoms with Crippen molar-refractivity contribution in [2.75, 3.05) is 38.7 Å². The number of rotatable bonds is 12. The van der Waals surface area contributed by atoms with Gasteiger partial charge in [0.2, 0.25) is 0 Å². The summed E-state index contributed by atoms with van der Waals surface area (Å²) in [4.78, 5) is 28.3. The first-order chi connectivity index (χ1) is 14.4. The van der Waals surface area contributed by atoms with E-state index in [1.54, 1.807) is 0 Å². The van der Waals surface area contributed by atoms with Crippen LogP contribution in [0.25, 0.3) is 0 Å². The third-order valence-electron chi connectivity index (χ3n) is 5.85. The van der Waals surface area contributed by atoms with E-state index in [4.69, 9.17) is 9.47 Å². The number of morpholine rings is 1. The lowest BCUT2D eigenvalue weighted by Gasteiger charge is -2.39. The van der Waals surface area contributed by atoms with Gasteiger partial charge in [-0.3, -0.25) is 14.5 Å². The van der Waals surface area contributed by atoms with Crippen molar-refractivity contribution in [3.8, 4) is 0 Å². The highest BCUT2D eigenvalue weighted by Crippen LogP contribution is 2.24. The van der Waals surface area contributed by atoms with Gasteiger partial charge in [0.25, 0.3) is 0 Å². The van der Waals surface area contributed by atoms with Crippen LogP contribution in [0.15, 0.2) is 29.2 Å². The summed E-state index contributed by atoms with van der Waals surface area (Å²) in [6.45, 7) is 11.7. The Balaban J connectivity index is 1.82. The van der Waals surface area contributed by atoms with Crippen molar-refractivity contribution in [1.82, 2.24) is 4.90 Å².